The summed E-state index contributed by atoms with van der Waals surface area (Å²) in [5.41, 5.74) is -0.534. The molecule has 290 valence electrons. The fraction of sp³-hybridized carbons (Fsp3) is 0.857. The average molecular weight is 717 g/mol. The smallest absolute Gasteiger partial charge is 0.192 e. The van der Waals surface area contributed by atoms with E-state index in [0.29, 0.717) is 50.3 Å². The van der Waals surface area contributed by atoms with Crippen LogP contribution in [0.5, 0.6) is 0 Å². The summed E-state index contributed by atoms with van der Waals surface area (Å²) in [4.78, 5) is 0. The van der Waals surface area contributed by atoms with Gasteiger partial charge in [-0.05, 0) is 127 Å². The molecule has 4 saturated carbocycles. The topological polar surface area (TPSA) is 105 Å². The van der Waals surface area contributed by atoms with Crippen molar-refractivity contribution in [3.8, 4) is 0 Å². The van der Waals surface area contributed by atoms with E-state index in [0.717, 1.165) is 51.4 Å². The second kappa shape index (κ2) is 15.5. The summed E-state index contributed by atoms with van der Waals surface area (Å²) in [7, 11) is 1.51. The van der Waals surface area contributed by atoms with E-state index in [4.69, 9.17) is 33.2 Å². The zero-order valence-electron chi connectivity index (χ0n) is 32.8. The van der Waals surface area contributed by atoms with Crippen LogP contribution in [-0.2, 0) is 33.2 Å². The molecule has 5 aliphatic rings. The summed E-state index contributed by atoms with van der Waals surface area (Å²) >= 11 is 0. The minimum absolute atomic E-state index is 0.0304. The van der Waals surface area contributed by atoms with E-state index in [1.165, 1.54) is 24.7 Å². The van der Waals surface area contributed by atoms with Crippen LogP contribution < -0.4 is 0 Å². The lowest BCUT2D eigenvalue weighted by Crippen LogP contribution is -2.75. The number of benzene rings is 1. The molecule has 2 N–H and O–H groups in total. The van der Waals surface area contributed by atoms with E-state index in [9.17, 15) is 10.2 Å². The van der Waals surface area contributed by atoms with E-state index in [1.807, 2.05) is 20.8 Å². The molecule has 0 radical (unpaired) electrons. The quantitative estimate of drug-likeness (QED) is 0.120. The van der Waals surface area contributed by atoms with Crippen molar-refractivity contribution >= 4 is 0 Å². The van der Waals surface area contributed by atoms with E-state index in [1.54, 1.807) is 6.92 Å². The number of rotatable bonds is 14. The Bertz CT molecular complexity index is 1290. The Kier molecular flexibility index (Phi) is 12.1. The Hall–Kier alpha value is -1.14. The van der Waals surface area contributed by atoms with E-state index >= 15 is 0 Å². The SMILES string of the molecule is CCOCO[C@]12CC[C@H](c3ccc(C)cc3)[C@@]1(C)CC[C@H]1[C@H]2CC[C@@H]2C[C@@H](O[C@H]3O[C@H](C)[C@](O)(COCC)[C@H](OC)[C@]3(O)COCC)CC[C@@]21C. The highest BCUT2D eigenvalue weighted by atomic mass is 16.7. The lowest BCUT2D eigenvalue weighted by Gasteiger charge is -2.65. The Morgan fingerprint density at radius 3 is 2.16 bits per heavy atom. The molecule has 4 aliphatic carbocycles. The van der Waals surface area contributed by atoms with Gasteiger partial charge in [0.15, 0.2) is 11.9 Å². The lowest BCUT2D eigenvalue weighted by atomic mass is 9.43. The highest BCUT2D eigenvalue weighted by Crippen LogP contribution is 2.72. The minimum Gasteiger partial charge on any atom is -0.382 e. The van der Waals surface area contributed by atoms with Gasteiger partial charge in [0.1, 0.15) is 18.5 Å². The maximum absolute atomic E-state index is 12.2. The Balaban J connectivity index is 1.21. The number of hydrogen-bond acceptors (Lipinski definition) is 9. The lowest BCUT2D eigenvalue weighted by molar-refractivity contribution is -0.386. The summed E-state index contributed by atoms with van der Waals surface area (Å²) in [6.07, 6.45) is 6.89. The largest absolute Gasteiger partial charge is 0.382 e. The van der Waals surface area contributed by atoms with Crippen molar-refractivity contribution in [2.24, 2.45) is 28.6 Å². The molecule has 1 aliphatic heterocycles. The molecule has 51 heavy (non-hydrogen) atoms. The third kappa shape index (κ3) is 6.67. The van der Waals surface area contributed by atoms with Crippen LogP contribution in [-0.4, -0.2) is 98.6 Å². The first-order chi connectivity index (χ1) is 24.4. The zero-order valence-corrected chi connectivity index (χ0v) is 32.8. The maximum Gasteiger partial charge on any atom is 0.192 e. The number of hydrogen-bond donors (Lipinski definition) is 2. The fourth-order valence-corrected chi connectivity index (χ4v) is 12.0. The van der Waals surface area contributed by atoms with Gasteiger partial charge in [-0.15, -0.1) is 0 Å². The average Bonchev–Trinajstić information content (AvgIpc) is 3.42. The molecule has 0 amide bonds. The number of methoxy groups -OCH3 is 1. The van der Waals surface area contributed by atoms with Crippen molar-refractivity contribution in [2.75, 3.05) is 46.9 Å². The highest BCUT2D eigenvalue weighted by molar-refractivity contribution is 5.32. The molecular formula is C42H68O9. The molecule has 0 bridgehead atoms. The number of aliphatic hydroxyl groups is 2. The molecule has 0 unspecified atom stereocenters. The van der Waals surface area contributed by atoms with Gasteiger partial charge in [0.25, 0.3) is 0 Å². The second-order valence-electron chi connectivity index (χ2n) is 17.1. The highest BCUT2D eigenvalue weighted by Gasteiger charge is 2.69. The van der Waals surface area contributed by atoms with Crippen LogP contribution in [0.15, 0.2) is 24.3 Å². The summed E-state index contributed by atoms with van der Waals surface area (Å²) in [5, 5.41) is 24.0. The van der Waals surface area contributed by atoms with E-state index in [-0.39, 0.29) is 35.7 Å². The molecule has 1 heterocycles. The van der Waals surface area contributed by atoms with E-state index < -0.39 is 29.7 Å². The first-order valence-electron chi connectivity index (χ1n) is 20.1. The van der Waals surface area contributed by atoms with Crippen molar-refractivity contribution in [3.05, 3.63) is 35.4 Å². The van der Waals surface area contributed by atoms with Gasteiger partial charge in [0.05, 0.1) is 31.0 Å². The summed E-state index contributed by atoms with van der Waals surface area (Å²) in [6, 6.07) is 9.25. The Morgan fingerprint density at radius 1 is 0.804 bits per heavy atom. The van der Waals surface area contributed by atoms with Gasteiger partial charge in [-0.2, -0.15) is 0 Å². The van der Waals surface area contributed by atoms with Gasteiger partial charge in [0, 0.05) is 32.3 Å². The maximum atomic E-state index is 12.2. The molecule has 1 saturated heterocycles. The van der Waals surface area contributed by atoms with Crippen molar-refractivity contribution in [3.63, 3.8) is 0 Å². The summed E-state index contributed by atoms with van der Waals surface area (Å²) in [6.45, 7) is 16.6. The first-order valence-corrected chi connectivity index (χ1v) is 20.1. The second-order valence-corrected chi connectivity index (χ2v) is 17.1. The molecular weight excluding hydrogens is 648 g/mol. The van der Waals surface area contributed by atoms with Gasteiger partial charge in [-0.25, -0.2) is 0 Å². The predicted molar refractivity (Wildman–Crippen MR) is 195 cm³/mol. The molecule has 5 fully saturated rings. The van der Waals surface area contributed by atoms with Crippen LogP contribution in [0.2, 0.25) is 0 Å². The van der Waals surface area contributed by atoms with Crippen LogP contribution in [0.1, 0.15) is 116 Å². The molecule has 1 aromatic carbocycles. The van der Waals surface area contributed by atoms with Gasteiger partial charge >= 0.3 is 0 Å². The normalized spacial score (nSPS) is 45.2. The third-order valence-corrected chi connectivity index (χ3v) is 14.8. The summed E-state index contributed by atoms with van der Waals surface area (Å²) < 4.78 is 43.5. The van der Waals surface area contributed by atoms with Gasteiger partial charge in [-0.3, -0.25) is 0 Å². The number of aryl methyl sites for hydroxylation is 1. The monoisotopic (exact) mass is 716 g/mol. The fourth-order valence-electron chi connectivity index (χ4n) is 12.0. The first kappa shape index (κ1) is 39.6. The number of ether oxygens (including phenoxy) is 7. The van der Waals surface area contributed by atoms with Crippen LogP contribution in [0.4, 0.5) is 0 Å². The van der Waals surface area contributed by atoms with Crippen LogP contribution in [0.3, 0.4) is 0 Å². The molecule has 0 aromatic heterocycles. The molecule has 0 spiro atoms. The van der Waals surface area contributed by atoms with Crippen molar-refractivity contribution < 1.29 is 43.4 Å². The summed E-state index contributed by atoms with van der Waals surface area (Å²) in [5.74, 6) is 2.02. The van der Waals surface area contributed by atoms with Crippen molar-refractivity contribution in [1.29, 1.82) is 0 Å². The number of fused-ring (bicyclic) bond motifs is 5. The molecule has 9 nitrogen and oxygen atoms in total. The van der Waals surface area contributed by atoms with Gasteiger partial charge in [-0.1, -0.05) is 43.7 Å². The molecule has 13 atom stereocenters. The standard InChI is InChI=1S/C42H68O9/c1-9-46-25-40(43)29(5)50-37(41(44,26-47-10-2)36(40)45-8)51-32-18-21-38(6)31(24-32)16-17-35-34(38)19-22-39(7)33(30-14-12-28(4)13-15-30)20-23-42(35,39)49-27-48-11-3/h12-15,29,31-37,43-44H,9-11,16-27H2,1-8H3/t29-,31-,32+,33-,34+,35-,36+,37-,38+,39-,40-,41-,42+/m1/s1. The van der Waals surface area contributed by atoms with Gasteiger partial charge in [0.2, 0.25) is 0 Å². The van der Waals surface area contributed by atoms with Crippen molar-refractivity contribution in [1.82, 2.24) is 0 Å². The van der Waals surface area contributed by atoms with Crippen LogP contribution in [0.25, 0.3) is 0 Å². The van der Waals surface area contributed by atoms with Crippen LogP contribution >= 0.6 is 0 Å². The minimum atomic E-state index is -1.73. The van der Waals surface area contributed by atoms with Crippen LogP contribution in [0, 0.1) is 35.5 Å². The predicted octanol–water partition coefficient (Wildman–Crippen LogP) is 6.93. The third-order valence-electron chi connectivity index (χ3n) is 14.8. The molecule has 1 aromatic rings. The Labute approximate surface area is 307 Å². The van der Waals surface area contributed by atoms with E-state index in [2.05, 4.69) is 45.0 Å². The van der Waals surface area contributed by atoms with Crippen molar-refractivity contribution in [2.45, 2.75) is 154 Å². The molecule has 9 heteroatoms. The Morgan fingerprint density at radius 2 is 1.49 bits per heavy atom. The zero-order chi connectivity index (χ0) is 36.7. The van der Waals surface area contributed by atoms with Gasteiger partial charge < -0.3 is 43.4 Å². The molecule has 6 rings (SSSR count).